The number of hydrogen-bond donors (Lipinski definition) is 2. The molecule has 2 N–H and O–H groups in total. The smallest absolute Gasteiger partial charge is 0.270 e. The van der Waals surface area contributed by atoms with Crippen LogP contribution in [0.5, 0.6) is 0 Å². The van der Waals surface area contributed by atoms with Gasteiger partial charge in [0.25, 0.3) is 11.6 Å². The number of aromatic amines is 1. The molecule has 158 valence electrons. The van der Waals surface area contributed by atoms with Gasteiger partial charge in [-0.25, -0.2) is 9.97 Å². The number of carbonyl (C=O) groups is 1. The van der Waals surface area contributed by atoms with Crippen molar-refractivity contribution in [3.8, 4) is 11.4 Å². The minimum atomic E-state index is -0.430. The summed E-state index contributed by atoms with van der Waals surface area (Å²) in [5.74, 6) is 2.75. The number of nitro groups is 1. The van der Waals surface area contributed by atoms with Gasteiger partial charge in [-0.15, -0.1) is 0 Å². The van der Waals surface area contributed by atoms with Gasteiger partial charge in [0, 0.05) is 23.2 Å². The Kier molecular flexibility index (Phi) is 3.94. The van der Waals surface area contributed by atoms with Gasteiger partial charge >= 0.3 is 0 Å². The van der Waals surface area contributed by atoms with Crippen LogP contribution in [0.25, 0.3) is 22.4 Å². The first kappa shape index (κ1) is 18.5. The van der Waals surface area contributed by atoms with Gasteiger partial charge in [0.05, 0.1) is 22.2 Å². The number of rotatable bonds is 4. The number of carbonyl (C=O) groups excluding carboxylic acids is 1. The van der Waals surface area contributed by atoms with Crippen molar-refractivity contribution in [2.24, 2.45) is 17.8 Å². The highest BCUT2D eigenvalue weighted by atomic mass is 16.6. The number of benzene rings is 1. The SMILES string of the molecule is O=C(NC12CC3CC(CC(C3)C1)C2)c1cc2nc(-c3ccc([N+](=O)[O-])cc3)[nH]c2cn1. The molecule has 0 radical (unpaired) electrons. The van der Waals surface area contributed by atoms with Crippen molar-refractivity contribution >= 4 is 22.6 Å². The van der Waals surface area contributed by atoms with Crippen molar-refractivity contribution in [1.82, 2.24) is 20.3 Å². The molecule has 3 aromatic rings. The van der Waals surface area contributed by atoms with E-state index in [1.54, 1.807) is 24.4 Å². The second-order valence-electron chi connectivity index (χ2n) is 9.63. The second-order valence-corrected chi connectivity index (χ2v) is 9.63. The van der Waals surface area contributed by atoms with Crippen LogP contribution in [-0.4, -0.2) is 31.3 Å². The molecule has 4 aliphatic rings. The summed E-state index contributed by atoms with van der Waals surface area (Å²) in [4.78, 5) is 35.6. The fraction of sp³-hybridized carbons (Fsp3) is 0.435. The number of fused-ring (bicyclic) bond motifs is 1. The number of nitro benzene ring substituents is 1. The molecule has 0 aliphatic heterocycles. The minimum absolute atomic E-state index is 0.0326. The first-order chi connectivity index (χ1) is 15.0. The molecular weight excluding hydrogens is 394 g/mol. The van der Waals surface area contributed by atoms with E-state index in [0.717, 1.165) is 48.1 Å². The van der Waals surface area contributed by atoms with Crippen molar-refractivity contribution in [1.29, 1.82) is 0 Å². The number of aromatic nitrogens is 3. The number of amides is 1. The van der Waals surface area contributed by atoms with E-state index in [1.807, 2.05) is 0 Å². The molecule has 8 nitrogen and oxygen atoms in total. The molecule has 2 aromatic heterocycles. The Bertz CT molecular complexity index is 1160. The number of imidazole rings is 1. The molecule has 1 aromatic carbocycles. The van der Waals surface area contributed by atoms with Gasteiger partial charge in [0.1, 0.15) is 11.5 Å². The highest BCUT2D eigenvalue weighted by molar-refractivity contribution is 5.96. The zero-order chi connectivity index (χ0) is 21.2. The maximum absolute atomic E-state index is 13.1. The van der Waals surface area contributed by atoms with Crippen LogP contribution in [0.1, 0.15) is 49.0 Å². The van der Waals surface area contributed by atoms with E-state index in [1.165, 1.54) is 31.4 Å². The van der Waals surface area contributed by atoms with Crippen LogP contribution >= 0.6 is 0 Å². The van der Waals surface area contributed by atoms with Gasteiger partial charge in [-0.3, -0.25) is 14.9 Å². The number of nitrogens with one attached hydrogen (secondary N) is 2. The highest BCUT2D eigenvalue weighted by Crippen LogP contribution is 2.55. The van der Waals surface area contributed by atoms with Crippen LogP contribution in [-0.2, 0) is 0 Å². The average molecular weight is 417 g/mol. The summed E-state index contributed by atoms with van der Waals surface area (Å²) in [5, 5.41) is 14.2. The van der Waals surface area contributed by atoms with Gasteiger partial charge in [-0.05, 0) is 74.5 Å². The van der Waals surface area contributed by atoms with Crippen molar-refractivity contribution in [2.75, 3.05) is 0 Å². The van der Waals surface area contributed by atoms with Gasteiger partial charge in [0.15, 0.2) is 0 Å². The largest absolute Gasteiger partial charge is 0.345 e. The Morgan fingerprint density at radius 1 is 1.10 bits per heavy atom. The molecule has 4 fully saturated rings. The van der Waals surface area contributed by atoms with E-state index in [0.29, 0.717) is 17.0 Å². The maximum Gasteiger partial charge on any atom is 0.270 e. The molecule has 4 bridgehead atoms. The molecule has 0 saturated heterocycles. The topological polar surface area (TPSA) is 114 Å². The Hall–Kier alpha value is -3.29. The normalized spacial score (nSPS) is 28.7. The van der Waals surface area contributed by atoms with E-state index >= 15 is 0 Å². The molecular formula is C23H23N5O3. The van der Waals surface area contributed by atoms with Gasteiger partial charge < -0.3 is 10.3 Å². The zero-order valence-corrected chi connectivity index (χ0v) is 17.0. The molecule has 4 aliphatic carbocycles. The predicted molar refractivity (Wildman–Crippen MR) is 114 cm³/mol. The summed E-state index contributed by atoms with van der Waals surface area (Å²) in [6.07, 6.45) is 8.92. The van der Waals surface area contributed by atoms with E-state index < -0.39 is 4.92 Å². The molecule has 4 saturated carbocycles. The highest BCUT2D eigenvalue weighted by Gasteiger charge is 2.51. The average Bonchev–Trinajstić information content (AvgIpc) is 3.16. The first-order valence-corrected chi connectivity index (χ1v) is 10.9. The summed E-state index contributed by atoms with van der Waals surface area (Å²) in [7, 11) is 0. The number of non-ortho nitro benzene ring substituents is 1. The maximum atomic E-state index is 13.1. The lowest BCUT2D eigenvalue weighted by Gasteiger charge is -2.56. The lowest BCUT2D eigenvalue weighted by molar-refractivity contribution is -0.384. The molecule has 0 unspecified atom stereocenters. The molecule has 0 atom stereocenters. The van der Waals surface area contributed by atoms with Crippen LogP contribution in [0.3, 0.4) is 0 Å². The van der Waals surface area contributed by atoms with Crippen molar-refractivity contribution in [2.45, 2.75) is 44.1 Å². The fourth-order valence-electron chi connectivity index (χ4n) is 6.48. The van der Waals surface area contributed by atoms with E-state index in [9.17, 15) is 14.9 Å². The van der Waals surface area contributed by atoms with Crippen molar-refractivity contribution in [3.63, 3.8) is 0 Å². The standard InChI is InChI=1S/C23H23N5O3/c29-22(27-23-9-13-5-14(10-23)7-15(6-13)11-23)19-8-18-20(12-24-19)26-21(25-18)16-1-3-17(4-2-16)28(30)31/h1-4,8,12-15H,5-7,9-11H2,(H,25,26)(H,27,29). The molecule has 2 heterocycles. The summed E-state index contributed by atoms with van der Waals surface area (Å²) < 4.78 is 0. The fourth-order valence-corrected chi connectivity index (χ4v) is 6.48. The zero-order valence-electron chi connectivity index (χ0n) is 17.0. The van der Waals surface area contributed by atoms with E-state index in [4.69, 9.17) is 0 Å². The summed E-state index contributed by atoms with van der Waals surface area (Å²) in [6.45, 7) is 0. The van der Waals surface area contributed by atoms with Crippen LogP contribution in [0, 0.1) is 27.9 Å². The third-order valence-electron chi connectivity index (χ3n) is 7.37. The Morgan fingerprint density at radius 3 is 2.35 bits per heavy atom. The molecule has 8 heteroatoms. The van der Waals surface area contributed by atoms with E-state index in [2.05, 4.69) is 20.3 Å². The van der Waals surface area contributed by atoms with Gasteiger partial charge in [0.2, 0.25) is 0 Å². The third-order valence-corrected chi connectivity index (χ3v) is 7.37. The van der Waals surface area contributed by atoms with Gasteiger partial charge in [-0.1, -0.05) is 0 Å². The van der Waals surface area contributed by atoms with E-state index in [-0.39, 0.29) is 17.1 Å². The number of pyridine rings is 1. The van der Waals surface area contributed by atoms with Crippen LogP contribution in [0.15, 0.2) is 36.5 Å². The van der Waals surface area contributed by atoms with Crippen molar-refractivity contribution < 1.29 is 9.72 Å². The quantitative estimate of drug-likeness (QED) is 0.487. The second kappa shape index (κ2) is 6.60. The Labute approximate surface area is 178 Å². The molecule has 0 spiro atoms. The number of nitrogens with zero attached hydrogens (tertiary/aromatic N) is 3. The lowest BCUT2D eigenvalue weighted by atomic mass is 9.53. The minimum Gasteiger partial charge on any atom is -0.345 e. The van der Waals surface area contributed by atoms with Crippen LogP contribution in [0.2, 0.25) is 0 Å². The number of hydrogen-bond acceptors (Lipinski definition) is 5. The molecule has 7 rings (SSSR count). The summed E-state index contributed by atoms with van der Waals surface area (Å²) in [6, 6.07) is 7.93. The van der Waals surface area contributed by atoms with Crippen LogP contribution < -0.4 is 5.32 Å². The molecule has 31 heavy (non-hydrogen) atoms. The monoisotopic (exact) mass is 417 g/mol. The number of H-pyrrole nitrogens is 1. The molecule has 1 amide bonds. The van der Waals surface area contributed by atoms with Crippen LogP contribution in [0.4, 0.5) is 5.69 Å². The van der Waals surface area contributed by atoms with Crippen molar-refractivity contribution in [3.05, 3.63) is 52.3 Å². The van der Waals surface area contributed by atoms with Gasteiger partial charge in [-0.2, -0.15) is 0 Å². The predicted octanol–water partition coefficient (Wildman–Crippen LogP) is 4.23. The summed E-state index contributed by atoms with van der Waals surface area (Å²) in [5.41, 5.74) is 2.47. The lowest BCUT2D eigenvalue weighted by Crippen LogP contribution is -2.59. The third kappa shape index (κ3) is 3.17. The summed E-state index contributed by atoms with van der Waals surface area (Å²) >= 11 is 0. The Morgan fingerprint density at radius 2 is 1.74 bits per heavy atom. The Balaban J connectivity index is 1.25. The first-order valence-electron chi connectivity index (χ1n) is 10.9.